The van der Waals surface area contributed by atoms with Crippen molar-refractivity contribution in [2.75, 3.05) is 6.61 Å². The first-order valence-corrected chi connectivity index (χ1v) is 12.8. The molecule has 2 heterocycles. The number of furan rings is 1. The molecule has 0 unspecified atom stereocenters. The Labute approximate surface area is 214 Å². The van der Waals surface area contributed by atoms with E-state index in [1.807, 2.05) is 67.6 Å². The van der Waals surface area contributed by atoms with Crippen LogP contribution in [0.2, 0.25) is 0 Å². The van der Waals surface area contributed by atoms with Gasteiger partial charge in [-0.2, -0.15) is 0 Å². The Hall–Kier alpha value is -3.36. The summed E-state index contributed by atoms with van der Waals surface area (Å²) in [7, 11) is 0. The summed E-state index contributed by atoms with van der Waals surface area (Å²) < 4.78 is 13.6. The van der Waals surface area contributed by atoms with E-state index < -0.39 is 5.97 Å². The van der Waals surface area contributed by atoms with Crippen LogP contribution in [0.15, 0.2) is 85.6 Å². The minimum atomic E-state index is -0.516. The van der Waals surface area contributed by atoms with Crippen LogP contribution in [0, 0.1) is 6.92 Å². The Morgan fingerprint density at radius 1 is 1.09 bits per heavy atom. The van der Waals surface area contributed by atoms with E-state index >= 15 is 0 Å². The minimum absolute atomic E-state index is 0.146. The van der Waals surface area contributed by atoms with Crippen LogP contribution in [0.4, 0.5) is 0 Å². The maximum atomic E-state index is 13.5. The van der Waals surface area contributed by atoms with E-state index in [-0.39, 0.29) is 17.9 Å². The Balaban J connectivity index is 1.64. The second kappa shape index (κ2) is 9.71. The number of ether oxygens (including phenoxy) is 1. The number of esters is 1. The Morgan fingerprint density at radius 2 is 1.86 bits per heavy atom. The molecule has 0 fully saturated rings. The van der Waals surface area contributed by atoms with Gasteiger partial charge in [-0.15, -0.1) is 0 Å². The number of halogens is 1. The van der Waals surface area contributed by atoms with E-state index in [9.17, 15) is 9.59 Å². The lowest BCUT2D eigenvalue weighted by molar-refractivity contribution is 0.0491. The molecule has 0 bridgehead atoms. The average molecular weight is 549 g/mol. The van der Waals surface area contributed by atoms with Crippen LogP contribution in [0.25, 0.3) is 27.6 Å². The van der Waals surface area contributed by atoms with Gasteiger partial charge < -0.3 is 9.15 Å². The van der Waals surface area contributed by atoms with Crippen molar-refractivity contribution in [1.29, 1.82) is 0 Å². The number of thioether (sulfide) groups is 1. The zero-order chi connectivity index (χ0) is 24.5. The van der Waals surface area contributed by atoms with Gasteiger partial charge in [-0.1, -0.05) is 57.5 Å². The number of hydrogen-bond acceptors (Lipinski definition) is 6. The molecule has 0 amide bonds. The van der Waals surface area contributed by atoms with Gasteiger partial charge in [0, 0.05) is 21.2 Å². The Morgan fingerprint density at radius 3 is 2.63 bits per heavy atom. The third kappa shape index (κ3) is 4.51. The highest BCUT2D eigenvalue weighted by molar-refractivity contribution is 9.10. The van der Waals surface area contributed by atoms with Crippen LogP contribution in [0.5, 0.6) is 0 Å². The fraction of sp³-hybridized carbons (Fsp3) is 0.148. The number of para-hydroxylation sites is 1. The van der Waals surface area contributed by atoms with Crippen molar-refractivity contribution >= 4 is 55.5 Å². The molecule has 176 valence electrons. The zero-order valence-electron chi connectivity index (χ0n) is 19.1. The third-order valence-electron chi connectivity index (χ3n) is 5.60. The first kappa shape index (κ1) is 23.4. The number of aryl methyl sites for hydroxylation is 1. The first-order valence-electron chi connectivity index (χ1n) is 11.1. The number of benzene rings is 3. The van der Waals surface area contributed by atoms with Crippen molar-refractivity contribution in [1.82, 2.24) is 9.55 Å². The molecule has 5 rings (SSSR count). The van der Waals surface area contributed by atoms with E-state index in [0.29, 0.717) is 33.0 Å². The summed E-state index contributed by atoms with van der Waals surface area (Å²) >= 11 is 4.87. The number of carbonyl (C=O) groups excluding carboxylic acids is 1. The van der Waals surface area contributed by atoms with Gasteiger partial charge in [0.15, 0.2) is 5.16 Å². The van der Waals surface area contributed by atoms with E-state index in [0.717, 1.165) is 21.1 Å². The number of hydrogen-bond donors (Lipinski definition) is 0. The molecule has 0 atom stereocenters. The third-order valence-corrected chi connectivity index (χ3v) is 7.05. The predicted octanol–water partition coefficient (Wildman–Crippen LogP) is 6.67. The first-order chi connectivity index (χ1) is 17.0. The fourth-order valence-electron chi connectivity index (χ4n) is 3.89. The van der Waals surface area contributed by atoms with E-state index in [4.69, 9.17) is 14.1 Å². The van der Waals surface area contributed by atoms with Gasteiger partial charge >= 0.3 is 5.97 Å². The van der Waals surface area contributed by atoms with Crippen molar-refractivity contribution < 1.29 is 13.9 Å². The lowest BCUT2D eigenvalue weighted by Gasteiger charge is -2.13. The molecular formula is C27H21BrN2O4S. The van der Waals surface area contributed by atoms with Crippen LogP contribution in [0.3, 0.4) is 0 Å². The standard InChI is InChI=1S/C27H21BrN2O4S/c1-3-33-26(32)24-21(20-14-17(28)10-13-23(20)34-24)15-35-27-29-22-7-5-4-6-19(22)25(31)30(27)18-11-8-16(2)9-12-18/h4-14H,3,15H2,1-2H3. The quantitative estimate of drug-likeness (QED) is 0.134. The summed E-state index contributed by atoms with van der Waals surface area (Å²) in [6.45, 7) is 4.00. The number of aromatic nitrogens is 2. The number of carbonyl (C=O) groups is 1. The molecule has 35 heavy (non-hydrogen) atoms. The number of fused-ring (bicyclic) bond motifs is 2. The maximum absolute atomic E-state index is 13.5. The summed E-state index contributed by atoms with van der Waals surface area (Å²) in [5.41, 5.74) is 3.59. The van der Waals surface area contributed by atoms with Crippen molar-refractivity contribution in [3.8, 4) is 5.69 Å². The molecule has 6 nitrogen and oxygen atoms in total. The second-order valence-electron chi connectivity index (χ2n) is 7.95. The van der Waals surface area contributed by atoms with Gasteiger partial charge in [-0.25, -0.2) is 9.78 Å². The monoisotopic (exact) mass is 548 g/mol. The zero-order valence-corrected chi connectivity index (χ0v) is 21.5. The van der Waals surface area contributed by atoms with Crippen molar-refractivity contribution in [3.05, 3.63) is 98.4 Å². The molecule has 0 saturated carbocycles. The highest BCUT2D eigenvalue weighted by Gasteiger charge is 2.23. The number of rotatable bonds is 6. The number of nitrogens with zero attached hydrogens (tertiary/aromatic N) is 2. The summed E-state index contributed by atoms with van der Waals surface area (Å²) in [5, 5.41) is 1.87. The molecule has 0 saturated heterocycles. The molecule has 2 aromatic heterocycles. The SMILES string of the molecule is CCOC(=O)c1oc2ccc(Br)cc2c1CSc1nc2ccccc2c(=O)n1-c1ccc(C)cc1. The molecule has 0 N–H and O–H groups in total. The average Bonchev–Trinajstić information content (AvgIpc) is 3.21. The van der Waals surface area contributed by atoms with Gasteiger partial charge in [0.2, 0.25) is 5.76 Å². The Bertz CT molecular complexity index is 1620. The van der Waals surface area contributed by atoms with Crippen LogP contribution in [0.1, 0.15) is 28.6 Å². The molecule has 0 aliphatic carbocycles. The van der Waals surface area contributed by atoms with Gasteiger partial charge in [-0.3, -0.25) is 9.36 Å². The van der Waals surface area contributed by atoms with Crippen molar-refractivity contribution in [2.24, 2.45) is 0 Å². The van der Waals surface area contributed by atoms with E-state index in [2.05, 4.69) is 15.9 Å². The van der Waals surface area contributed by atoms with Crippen LogP contribution >= 0.6 is 27.7 Å². The van der Waals surface area contributed by atoms with E-state index in [1.54, 1.807) is 17.6 Å². The summed E-state index contributed by atoms with van der Waals surface area (Å²) in [6, 6.07) is 20.6. The smallest absolute Gasteiger partial charge is 0.374 e. The lowest BCUT2D eigenvalue weighted by atomic mass is 10.1. The molecule has 0 aliphatic heterocycles. The summed E-state index contributed by atoms with van der Waals surface area (Å²) in [4.78, 5) is 31.0. The van der Waals surface area contributed by atoms with Gasteiger partial charge in [0.1, 0.15) is 5.58 Å². The lowest BCUT2D eigenvalue weighted by Crippen LogP contribution is -2.21. The molecule has 0 aliphatic rings. The van der Waals surface area contributed by atoms with Crippen LogP contribution in [-0.2, 0) is 10.5 Å². The van der Waals surface area contributed by atoms with Crippen molar-refractivity contribution in [3.63, 3.8) is 0 Å². The van der Waals surface area contributed by atoms with Crippen molar-refractivity contribution in [2.45, 2.75) is 24.8 Å². The normalized spacial score (nSPS) is 11.3. The molecule has 5 aromatic rings. The highest BCUT2D eigenvalue weighted by atomic mass is 79.9. The predicted molar refractivity (Wildman–Crippen MR) is 142 cm³/mol. The summed E-state index contributed by atoms with van der Waals surface area (Å²) in [6.07, 6.45) is 0. The Kier molecular flexibility index (Phi) is 6.49. The van der Waals surface area contributed by atoms with Gasteiger partial charge in [-0.05, 0) is 56.3 Å². The molecule has 0 radical (unpaired) electrons. The summed E-state index contributed by atoms with van der Waals surface area (Å²) in [5.74, 6) is 0.00382. The molecule has 8 heteroatoms. The largest absolute Gasteiger partial charge is 0.460 e. The highest BCUT2D eigenvalue weighted by Crippen LogP contribution is 2.34. The van der Waals surface area contributed by atoms with E-state index in [1.165, 1.54) is 11.8 Å². The maximum Gasteiger partial charge on any atom is 0.374 e. The van der Waals surface area contributed by atoms with Crippen LogP contribution in [-0.4, -0.2) is 22.1 Å². The minimum Gasteiger partial charge on any atom is -0.460 e. The second-order valence-corrected chi connectivity index (χ2v) is 9.81. The fourth-order valence-corrected chi connectivity index (χ4v) is 5.29. The molecule has 3 aromatic carbocycles. The molecule has 0 spiro atoms. The molecular weight excluding hydrogens is 528 g/mol. The van der Waals surface area contributed by atoms with Crippen LogP contribution < -0.4 is 5.56 Å². The van der Waals surface area contributed by atoms with Gasteiger partial charge in [0.25, 0.3) is 5.56 Å². The van der Waals surface area contributed by atoms with Gasteiger partial charge in [0.05, 0.1) is 23.2 Å². The topological polar surface area (TPSA) is 74.3 Å².